The highest BCUT2D eigenvalue weighted by atomic mass is 16.7. The Morgan fingerprint density at radius 3 is 2.76 bits per heavy atom. The number of nitrogens with zero attached hydrogens (tertiary/aromatic N) is 1. The quantitative estimate of drug-likeness (QED) is 0.795. The first-order valence-corrected chi connectivity index (χ1v) is 8.17. The van der Waals surface area contributed by atoms with E-state index in [1.807, 2.05) is 54.2 Å². The Kier molecular flexibility index (Phi) is 3.73. The van der Waals surface area contributed by atoms with Gasteiger partial charge in [0.1, 0.15) is 5.78 Å². The molecular weight excluding hydrogens is 318 g/mol. The third kappa shape index (κ3) is 2.57. The molecule has 0 radical (unpaired) electrons. The van der Waals surface area contributed by atoms with Gasteiger partial charge in [0.25, 0.3) is 0 Å². The van der Waals surface area contributed by atoms with Crippen molar-refractivity contribution in [3.63, 3.8) is 0 Å². The third-order valence-electron chi connectivity index (χ3n) is 4.72. The second kappa shape index (κ2) is 5.93. The van der Waals surface area contributed by atoms with E-state index in [-0.39, 0.29) is 25.1 Å². The second-order valence-electron chi connectivity index (χ2n) is 6.36. The Morgan fingerprint density at radius 1 is 1.20 bits per heavy atom. The number of carbonyl (C=O) groups is 1. The minimum atomic E-state index is -0.377. The van der Waals surface area contributed by atoms with Crippen molar-refractivity contribution in [1.82, 2.24) is 4.57 Å². The van der Waals surface area contributed by atoms with Gasteiger partial charge < -0.3 is 19.1 Å². The van der Waals surface area contributed by atoms with Crippen molar-refractivity contribution in [2.45, 2.75) is 19.4 Å². The van der Waals surface area contributed by atoms with E-state index in [0.29, 0.717) is 11.5 Å². The number of aliphatic hydroxyl groups excluding tert-OH is 1. The summed E-state index contributed by atoms with van der Waals surface area (Å²) in [7, 11) is 1.95. The number of fused-ring (bicyclic) bond motifs is 2. The molecule has 0 aliphatic carbocycles. The fraction of sp³-hybridized carbons (Fsp3) is 0.250. The van der Waals surface area contributed by atoms with Gasteiger partial charge in [0, 0.05) is 24.1 Å². The number of aliphatic hydroxyl groups is 1. The number of ether oxygens (including phenoxy) is 2. The third-order valence-corrected chi connectivity index (χ3v) is 4.72. The van der Waals surface area contributed by atoms with Crippen LogP contribution in [0.15, 0.2) is 42.6 Å². The maximum atomic E-state index is 12.5. The molecule has 1 aromatic heterocycles. The standard InChI is InChI=1S/C20H19NO4/c1-12(23)20(14-4-6-18-19(8-14)25-11-24-18)16-9-21(2)17-7-13(10-22)3-5-15(16)17/h3-9,20,22H,10-11H2,1-2H3. The smallest absolute Gasteiger partial charge is 0.231 e. The average molecular weight is 337 g/mol. The van der Waals surface area contributed by atoms with Crippen LogP contribution in [0.4, 0.5) is 0 Å². The van der Waals surface area contributed by atoms with Crippen molar-refractivity contribution >= 4 is 16.7 Å². The monoisotopic (exact) mass is 337 g/mol. The van der Waals surface area contributed by atoms with Gasteiger partial charge in [-0.15, -0.1) is 0 Å². The summed E-state index contributed by atoms with van der Waals surface area (Å²) in [6.07, 6.45) is 1.99. The highest BCUT2D eigenvalue weighted by Crippen LogP contribution is 2.39. The van der Waals surface area contributed by atoms with E-state index in [2.05, 4.69) is 0 Å². The minimum Gasteiger partial charge on any atom is -0.454 e. The molecule has 3 aromatic rings. The van der Waals surface area contributed by atoms with Gasteiger partial charge in [-0.1, -0.05) is 18.2 Å². The molecule has 0 fully saturated rings. The highest BCUT2D eigenvalue weighted by Gasteiger charge is 2.25. The van der Waals surface area contributed by atoms with E-state index in [9.17, 15) is 9.90 Å². The zero-order chi connectivity index (χ0) is 17.6. The minimum absolute atomic E-state index is 0.00521. The Hall–Kier alpha value is -2.79. The molecule has 1 atom stereocenters. The summed E-state index contributed by atoms with van der Waals surface area (Å²) in [5.74, 6) is 1.07. The zero-order valence-electron chi connectivity index (χ0n) is 14.2. The van der Waals surface area contributed by atoms with Crippen molar-refractivity contribution in [3.8, 4) is 11.5 Å². The van der Waals surface area contributed by atoms with Gasteiger partial charge in [-0.3, -0.25) is 4.79 Å². The van der Waals surface area contributed by atoms with Crippen molar-refractivity contribution < 1.29 is 19.4 Å². The van der Waals surface area contributed by atoms with Crippen LogP contribution in [-0.4, -0.2) is 22.2 Å². The Bertz CT molecular complexity index is 973. The van der Waals surface area contributed by atoms with Crippen molar-refractivity contribution in [2.75, 3.05) is 6.79 Å². The van der Waals surface area contributed by atoms with Crippen molar-refractivity contribution in [3.05, 3.63) is 59.3 Å². The molecular formula is C20H19NO4. The maximum Gasteiger partial charge on any atom is 0.231 e. The highest BCUT2D eigenvalue weighted by molar-refractivity contribution is 5.95. The lowest BCUT2D eigenvalue weighted by atomic mass is 9.87. The van der Waals surface area contributed by atoms with Crippen LogP contribution in [0, 0.1) is 0 Å². The molecule has 1 aliphatic heterocycles. The van der Waals surface area contributed by atoms with Crippen molar-refractivity contribution in [2.24, 2.45) is 7.05 Å². The van der Waals surface area contributed by atoms with E-state index in [1.54, 1.807) is 6.92 Å². The first kappa shape index (κ1) is 15.7. The molecule has 0 bridgehead atoms. The van der Waals surface area contributed by atoms with Crippen LogP contribution >= 0.6 is 0 Å². The van der Waals surface area contributed by atoms with Crippen LogP contribution in [0.25, 0.3) is 10.9 Å². The summed E-state index contributed by atoms with van der Waals surface area (Å²) < 4.78 is 12.8. The number of carbonyl (C=O) groups excluding carboxylic acids is 1. The fourth-order valence-electron chi connectivity index (χ4n) is 3.52. The molecule has 0 spiro atoms. The predicted octanol–water partition coefficient (Wildman–Crippen LogP) is 3.12. The summed E-state index contributed by atoms with van der Waals surface area (Å²) >= 11 is 0. The van der Waals surface area contributed by atoms with Gasteiger partial charge in [0.2, 0.25) is 6.79 Å². The summed E-state index contributed by atoms with van der Waals surface area (Å²) in [5.41, 5.74) is 3.68. The largest absolute Gasteiger partial charge is 0.454 e. The van der Waals surface area contributed by atoms with Crippen LogP contribution < -0.4 is 9.47 Å². The lowest BCUT2D eigenvalue weighted by molar-refractivity contribution is -0.117. The molecule has 1 aliphatic rings. The van der Waals surface area contributed by atoms with Crippen LogP contribution in [0.3, 0.4) is 0 Å². The normalized spacial score (nSPS) is 14.0. The van der Waals surface area contributed by atoms with Crippen LogP contribution in [0.1, 0.15) is 29.5 Å². The molecule has 2 heterocycles. The molecule has 5 nitrogen and oxygen atoms in total. The maximum absolute atomic E-state index is 12.5. The Balaban J connectivity index is 1.87. The predicted molar refractivity (Wildman–Crippen MR) is 93.9 cm³/mol. The lowest BCUT2D eigenvalue weighted by Gasteiger charge is -2.14. The van der Waals surface area contributed by atoms with E-state index < -0.39 is 0 Å². The first-order valence-electron chi connectivity index (χ1n) is 8.17. The summed E-state index contributed by atoms with van der Waals surface area (Å²) in [4.78, 5) is 12.5. The fourth-order valence-corrected chi connectivity index (χ4v) is 3.52. The van der Waals surface area contributed by atoms with Gasteiger partial charge in [0.05, 0.1) is 12.5 Å². The van der Waals surface area contributed by atoms with Gasteiger partial charge in [-0.05, 0) is 41.8 Å². The topological polar surface area (TPSA) is 60.7 Å². The molecule has 0 saturated heterocycles. The van der Waals surface area contributed by atoms with Crippen LogP contribution in [0.5, 0.6) is 11.5 Å². The van der Waals surface area contributed by atoms with E-state index >= 15 is 0 Å². The van der Waals surface area contributed by atoms with E-state index in [1.165, 1.54) is 0 Å². The number of aromatic nitrogens is 1. The van der Waals surface area contributed by atoms with E-state index in [4.69, 9.17) is 9.47 Å². The van der Waals surface area contributed by atoms with Crippen LogP contribution in [-0.2, 0) is 18.4 Å². The number of Topliss-reactive ketones (excluding diaryl/α,β-unsaturated/α-hetero) is 1. The summed E-state index contributed by atoms with van der Waals surface area (Å²) in [6.45, 7) is 1.81. The summed E-state index contributed by atoms with van der Waals surface area (Å²) in [5, 5.41) is 10.4. The number of benzene rings is 2. The Labute approximate surface area is 145 Å². The average Bonchev–Trinajstić information content (AvgIpc) is 3.19. The number of hydrogen-bond donors (Lipinski definition) is 1. The SMILES string of the molecule is CC(=O)C(c1ccc2c(c1)OCO2)c1cn(C)c2cc(CO)ccc12. The number of ketones is 1. The number of aryl methyl sites for hydroxylation is 1. The molecule has 0 saturated carbocycles. The molecule has 1 N–H and O–H groups in total. The zero-order valence-corrected chi connectivity index (χ0v) is 14.2. The van der Waals surface area contributed by atoms with Gasteiger partial charge in [-0.2, -0.15) is 0 Å². The van der Waals surface area contributed by atoms with Crippen LogP contribution in [0.2, 0.25) is 0 Å². The molecule has 5 heteroatoms. The van der Waals surface area contributed by atoms with Gasteiger partial charge in [0.15, 0.2) is 11.5 Å². The van der Waals surface area contributed by atoms with E-state index in [0.717, 1.165) is 27.6 Å². The van der Waals surface area contributed by atoms with Crippen molar-refractivity contribution in [1.29, 1.82) is 0 Å². The molecule has 4 rings (SSSR count). The van der Waals surface area contributed by atoms with Gasteiger partial charge in [-0.25, -0.2) is 0 Å². The number of hydrogen-bond acceptors (Lipinski definition) is 4. The molecule has 25 heavy (non-hydrogen) atoms. The Morgan fingerprint density at radius 2 is 2.00 bits per heavy atom. The molecule has 2 aromatic carbocycles. The second-order valence-corrected chi connectivity index (χ2v) is 6.36. The number of rotatable bonds is 4. The van der Waals surface area contributed by atoms with Gasteiger partial charge >= 0.3 is 0 Å². The molecule has 1 unspecified atom stereocenters. The molecule has 0 amide bonds. The summed E-state index contributed by atoms with van der Waals surface area (Å²) in [6, 6.07) is 11.5. The molecule has 128 valence electrons. The first-order chi connectivity index (χ1) is 12.1. The lowest BCUT2D eigenvalue weighted by Crippen LogP contribution is -2.10.